The van der Waals surface area contributed by atoms with Gasteiger partial charge in [-0.15, -0.1) is 11.6 Å². The summed E-state index contributed by atoms with van der Waals surface area (Å²) >= 11 is 15.2. The molecule has 1 aliphatic rings. The second-order valence-electron chi connectivity index (χ2n) is 4.99. The first-order valence-corrected chi connectivity index (χ1v) is 9.46. The minimum Gasteiger partial charge on any atom is -0.207 e. The fraction of sp³-hybridized carbons (Fsp3) is 0.538. The predicted molar refractivity (Wildman–Crippen MR) is 85.9 cm³/mol. The third-order valence-corrected chi connectivity index (χ3v) is 7.14. The van der Waals surface area contributed by atoms with Gasteiger partial charge in [0.25, 0.3) is 0 Å². The van der Waals surface area contributed by atoms with Crippen LogP contribution in [0.5, 0.6) is 0 Å². The number of halogens is 3. The van der Waals surface area contributed by atoms with Crippen molar-refractivity contribution in [1.29, 1.82) is 0 Å². The lowest BCUT2D eigenvalue weighted by Crippen LogP contribution is -2.39. The molecule has 1 unspecified atom stereocenters. The highest BCUT2D eigenvalue weighted by Crippen LogP contribution is 2.30. The van der Waals surface area contributed by atoms with E-state index in [1.807, 2.05) is 6.92 Å². The van der Waals surface area contributed by atoms with E-state index in [1.165, 1.54) is 4.31 Å². The van der Waals surface area contributed by atoms with Crippen LogP contribution in [0.15, 0.2) is 27.6 Å². The molecule has 1 aromatic rings. The van der Waals surface area contributed by atoms with Gasteiger partial charge < -0.3 is 0 Å². The number of rotatable bonds is 3. The topological polar surface area (TPSA) is 37.4 Å². The van der Waals surface area contributed by atoms with Gasteiger partial charge in [0.15, 0.2) is 0 Å². The Labute approximate surface area is 138 Å². The van der Waals surface area contributed by atoms with E-state index >= 15 is 0 Å². The van der Waals surface area contributed by atoms with Crippen molar-refractivity contribution in [2.75, 3.05) is 13.1 Å². The lowest BCUT2D eigenvalue weighted by Gasteiger charge is -2.32. The molecule has 1 heterocycles. The highest BCUT2D eigenvalue weighted by atomic mass is 79.9. The Kier molecular flexibility index (Phi) is 5.40. The smallest absolute Gasteiger partial charge is 0.207 e. The first-order valence-electron chi connectivity index (χ1n) is 6.41. The summed E-state index contributed by atoms with van der Waals surface area (Å²) in [5.41, 5.74) is 0. The first kappa shape index (κ1) is 16.6. The van der Waals surface area contributed by atoms with Crippen molar-refractivity contribution in [2.24, 2.45) is 5.92 Å². The number of sulfonamides is 1. The number of alkyl halides is 1. The summed E-state index contributed by atoms with van der Waals surface area (Å²) in [5.74, 6) is 0.389. The van der Waals surface area contributed by atoms with E-state index in [0.717, 1.165) is 12.8 Å². The molecule has 0 bridgehead atoms. The molecule has 1 aliphatic heterocycles. The van der Waals surface area contributed by atoms with Gasteiger partial charge >= 0.3 is 0 Å². The normalized spacial score (nSPS) is 20.0. The van der Waals surface area contributed by atoms with Crippen LogP contribution >= 0.6 is 39.1 Å². The van der Waals surface area contributed by atoms with E-state index in [4.69, 9.17) is 23.2 Å². The molecule has 1 saturated heterocycles. The molecule has 1 aromatic carbocycles. The molecule has 1 fully saturated rings. The van der Waals surface area contributed by atoms with Crippen molar-refractivity contribution in [3.05, 3.63) is 27.7 Å². The minimum atomic E-state index is -3.45. The SMILES string of the molecule is CC(Cl)C1CCN(S(=O)(=O)c2ccc(Cl)c(Br)c2)CC1. The maximum Gasteiger partial charge on any atom is 0.243 e. The maximum absolute atomic E-state index is 12.6. The Bertz CT molecular complexity index is 584. The van der Waals surface area contributed by atoms with Crippen molar-refractivity contribution >= 4 is 49.2 Å². The molecule has 0 aromatic heterocycles. The third kappa shape index (κ3) is 3.50. The van der Waals surface area contributed by atoms with E-state index in [0.29, 0.717) is 28.5 Å². The molecule has 0 aliphatic carbocycles. The molecule has 0 N–H and O–H groups in total. The Hall–Kier alpha value is 0.190. The number of benzene rings is 1. The summed E-state index contributed by atoms with van der Waals surface area (Å²) in [7, 11) is -3.45. The molecule has 20 heavy (non-hydrogen) atoms. The fourth-order valence-corrected chi connectivity index (χ4v) is 4.76. The second kappa shape index (κ2) is 6.53. The van der Waals surface area contributed by atoms with Crippen LogP contribution in [0.25, 0.3) is 0 Å². The van der Waals surface area contributed by atoms with Gasteiger partial charge in [-0.3, -0.25) is 0 Å². The molecule has 3 nitrogen and oxygen atoms in total. The van der Waals surface area contributed by atoms with Crippen molar-refractivity contribution in [3.63, 3.8) is 0 Å². The first-order chi connectivity index (χ1) is 9.32. The molecule has 0 spiro atoms. The van der Waals surface area contributed by atoms with Crippen LogP contribution in [0.4, 0.5) is 0 Å². The summed E-state index contributed by atoms with van der Waals surface area (Å²) in [4.78, 5) is 0.270. The third-order valence-electron chi connectivity index (χ3n) is 3.68. The van der Waals surface area contributed by atoms with Crippen molar-refractivity contribution in [1.82, 2.24) is 4.31 Å². The van der Waals surface area contributed by atoms with Gasteiger partial charge in [0.2, 0.25) is 10.0 Å². The molecule has 7 heteroatoms. The average Bonchev–Trinajstić information content (AvgIpc) is 2.41. The molecule has 0 saturated carbocycles. The van der Waals surface area contributed by atoms with Crippen molar-refractivity contribution < 1.29 is 8.42 Å². The number of nitrogens with zero attached hydrogens (tertiary/aromatic N) is 1. The fourth-order valence-electron chi connectivity index (χ4n) is 2.36. The number of hydrogen-bond donors (Lipinski definition) is 0. The zero-order valence-electron chi connectivity index (χ0n) is 11.0. The Balaban J connectivity index is 2.17. The highest BCUT2D eigenvalue weighted by molar-refractivity contribution is 9.10. The van der Waals surface area contributed by atoms with Crippen LogP contribution in [-0.2, 0) is 10.0 Å². The van der Waals surface area contributed by atoms with E-state index in [2.05, 4.69) is 15.9 Å². The van der Waals surface area contributed by atoms with Gasteiger partial charge in [-0.1, -0.05) is 11.6 Å². The van der Waals surface area contributed by atoms with Crippen LogP contribution in [0.1, 0.15) is 19.8 Å². The van der Waals surface area contributed by atoms with Gasteiger partial charge in [-0.2, -0.15) is 4.31 Å². The van der Waals surface area contributed by atoms with E-state index in [1.54, 1.807) is 18.2 Å². The lowest BCUT2D eigenvalue weighted by molar-refractivity contribution is 0.271. The minimum absolute atomic E-state index is 0.0875. The predicted octanol–water partition coefficient (Wildman–Crippen LogP) is 4.13. The zero-order valence-corrected chi connectivity index (χ0v) is 14.9. The average molecular weight is 401 g/mol. The highest BCUT2D eigenvalue weighted by Gasteiger charge is 2.31. The second-order valence-corrected chi connectivity index (χ2v) is 8.88. The number of hydrogen-bond acceptors (Lipinski definition) is 2. The Morgan fingerprint density at radius 1 is 1.35 bits per heavy atom. The van der Waals surface area contributed by atoms with Crippen LogP contribution < -0.4 is 0 Å². The van der Waals surface area contributed by atoms with Gasteiger partial charge in [0.05, 0.1) is 9.92 Å². The van der Waals surface area contributed by atoms with Crippen LogP contribution in [0.3, 0.4) is 0 Å². The molecule has 0 radical (unpaired) electrons. The standard InChI is InChI=1S/C13H16BrCl2NO2S/c1-9(15)10-4-6-17(7-5-10)20(18,19)11-2-3-13(16)12(14)8-11/h2-3,8-10H,4-7H2,1H3. The molecule has 0 amide bonds. The van der Waals surface area contributed by atoms with Crippen molar-refractivity contribution in [2.45, 2.75) is 30.0 Å². The zero-order chi connectivity index (χ0) is 14.9. The number of piperidine rings is 1. The van der Waals surface area contributed by atoms with Gasteiger partial charge in [0.1, 0.15) is 0 Å². The van der Waals surface area contributed by atoms with Crippen LogP contribution in [0.2, 0.25) is 5.02 Å². The van der Waals surface area contributed by atoms with Crippen LogP contribution in [0, 0.1) is 5.92 Å². The van der Waals surface area contributed by atoms with E-state index < -0.39 is 10.0 Å². The van der Waals surface area contributed by atoms with Gasteiger partial charge in [0, 0.05) is 22.9 Å². The summed E-state index contributed by atoms with van der Waals surface area (Å²) in [6.45, 7) is 3.00. The van der Waals surface area contributed by atoms with Crippen LogP contribution in [-0.4, -0.2) is 31.2 Å². The molecular weight excluding hydrogens is 385 g/mol. The summed E-state index contributed by atoms with van der Waals surface area (Å²) in [5, 5.41) is 0.586. The molecule has 2 rings (SSSR count). The summed E-state index contributed by atoms with van der Waals surface area (Å²) < 4.78 is 27.2. The van der Waals surface area contributed by atoms with Gasteiger partial charge in [-0.05, 0) is 59.8 Å². The largest absolute Gasteiger partial charge is 0.243 e. The quantitative estimate of drug-likeness (QED) is 0.715. The molecule has 112 valence electrons. The van der Waals surface area contributed by atoms with Gasteiger partial charge in [-0.25, -0.2) is 8.42 Å². The van der Waals surface area contributed by atoms with Crippen molar-refractivity contribution in [3.8, 4) is 0 Å². The maximum atomic E-state index is 12.6. The Morgan fingerprint density at radius 2 is 1.95 bits per heavy atom. The summed E-state index contributed by atoms with van der Waals surface area (Å²) in [6.07, 6.45) is 1.61. The summed E-state index contributed by atoms with van der Waals surface area (Å²) in [6, 6.07) is 4.68. The molecule has 1 atom stereocenters. The monoisotopic (exact) mass is 399 g/mol. The Morgan fingerprint density at radius 3 is 2.45 bits per heavy atom. The lowest BCUT2D eigenvalue weighted by atomic mass is 9.95. The van der Waals surface area contributed by atoms with E-state index in [9.17, 15) is 8.42 Å². The molecular formula is C13H16BrCl2NO2S. The van der Waals surface area contributed by atoms with E-state index in [-0.39, 0.29) is 10.3 Å².